The number of fused-ring (bicyclic) bond motifs is 1. The van der Waals surface area contributed by atoms with E-state index in [2.05, 4.69) is 35.1 Å². The van der Waals surface area contributed by atoms with E-state index in [0.29, 0.717) is 0 Å². The van der Waals surface area contributed by atoms with E-state index in [1.165, 1.54) is 10.9 Å². The van der Waals surface area contributed by atoms with Crippen molar-refractivity contribution in [3.8, 4) is 0 Å². The minimum atomic E-state index is 0.825. The lowest BCUT2D eigenvalue weighted by Gasteiger charge is -2.06. The molecular formula is C12H17N3. The second-order valence-corrected chi connectivity index (χ2v) is 3.68. The van der Waals surface area contributed by atoms with E-state index >= 15 is 0 Å². The average molecular weight is 203 g/mol. The van der Waals surface area contributed by atoms with Crippen molar-refractivity contribution < 1.29 is 0 Å². The Morgan fingerprint density at radius 1 is 1.33 bits per heavy atom. The van der Waals surface area contributed by atoms with Crippen molar-refractivity contribution in [2.24, 2.45) is 0 Å². The molecule has 15 heavy (non-hydrogen) atoms. The van der Waals surface area contributed by atoms with Crippen LogP contribution in [0, 0.1) is 0 Å². The van der Waals surface area contributed by atoms with Gasteiger partial charge in [0.1, 0.15) is 0 Å². The van der Waals surface area contributed by atoms with Gasteiger partial charge in [-0.3, -0.25) is 0 Å². The molecule has 1 aromatic carbocycles. The molecule has 0 saturated heterocycles. The Balaban J connectivity index is 2.23. The first kappa shape index (κ1) is 10.1. The van der Waals surface area contributed by atoms with Gasteiger partial charge in [0.05, 0.1) is 5.52 Å². The second-order valence-electron chi connectivity index (χ2n) is 3.68. The Bertz CT molecular complexity index is 445. The molecule has 3 N–H and O–H groups in total. The third-order valence-electron chi connectivity index (χ3n) is 2.58. The predicted molar refractivity (Wildman–Crippen MR) is 64.9 cm³/mol. The van der Waals surface area contributed by atoms with Crippen molar-refractivity contribution >= 4 is 16.6 Å². The molecule has 3 nitrogen and oxygen atoms in total. The fourth-order valence-corrected chi connectivity index (χ4v) is 1.77. The molecule has 0 aliphatic rings. The zero-order valence-electron chi connectivity index (χ0n) is 9.03. The van der Waals surface area contributed by atoms with Gasteiger partial charge in [-0.15, -0.1) is 0 Å². The molecule has 0 aliphatic heterocycles. The molecular weight excluding hydrogens is 186 g/mol. The Labute approximate surface area is 89.9 Å². The van der Waals surface area contributed by atoms with Crippen LogP contribution in [-0.2, 0) is 6.54 Å². The van der Waals surface area contributed by atoms with Gasteiger partial charge < -0.3 is 15.6 Å². The highest BCUT2D eigenvalue weighted by molar-refractivity contribution is 5.83. The summed E-state index contributed by atoms with van der Waals surface area (Å²) in [5, 5.41) is 4.56. The molecule has 0 aliphatic carbocycles. The number of aromatic nitrogens is 1. The molecule has 0 bridgehead atoms. The molecule has 1 heterocycles. The number of nitrogens with zero attached hydrogens (tertiary/aromatic N) is 1. The lowest BCUT2D eigenvalue weighted by Crippen LogP contribution is -2.18. The third kappa shape index (κ3) is 2.13. The highest BCUT2D eigenvalue weighted by Gasteiger charge is 2.00. The first-order valence-corrected chi connectivity index (χ1v) is 5.36. The number of nitrogens with two attached hydrogens (primary N) is 1. The maximum Gasteiger partial charge on any atom is 0.0501 e. The van der Waals surface area contributed by atoms with Gasteiger partial charge in [-0.05, 0) is 30.1 Å². The molecule has 2 rings (SSSR count). The Morgan fingerprint density at radius 3 is 3.00 bits per heavy atom. The summed E-state index contributed by atoms with van der Waals surface area (Å²) >= 11 is 0. The molecule has 1 aromatic heterocycles. The summed E-state index contributed by atoms with van der Waals surface area (Å²) < 4.78 is 2.23. The number of hydrogen-bond donors (Lipinski definition) is 2. The van der Waals surface area contributed by atoms with Crippen molar-refractivity contribution in [1.82, 2.24) is 9.88 Å². The minimum Gasteiger partial charge on any atom is -0.399 e. The highest BCUT2D eigenvalue weighted by atomic mass is 15.0. The summed E-state index contributed by atoms with van der Waals surface area (Å²) in [6.45, 7) is 5.11. The summed E-state index contributed by atoms with van der Waals surface area (Å²) in [5.41, 5.74) is 7.82. The Hall–Kier alpha value is -1.48. The number of rotatable bonds is 4. The lowest BCUT2D eigenvalue weighted by atomic mass is 10.2. The van der Waals surface area contributed by atoms with Crippen LogP contribution in [0.1, 0.15) is 6.92 Å². The number of benzene rings is 1. The molecule has 0 fully saturated rings. The van der Waals surface area contributed by atoms with E-state index in [0.717, 1.165) is 25.3 Å². The SMILES string of the molecule is CCNCCn1ccc2ccc(N)cc21. The van der Waals surface area contributed by atoms with E-state index in [-0.39, 0.29) is 0 Å². The van der Waals surface area contributed by atoms with Gasteiger partial charge in [-0.2, -0.15) is 0 Å². The summed E-state index contributed by atoms with van der Waals surface area (Å²) in [7, 11) is 0. The van der Waals surface area contributed by atoms with E-state index < -0.39 is 0 Å². The van der Waals surface area contributed by atoms with Crippen LogP contribution in [0.4, 0.5) is 5.69 Å². The van der Waals surface area contributed by atoms with Crippen LogP contribution in [0.15, 0.2) is 30.5 Å². The molecule has 0 radical (unpaired) electrons. The van der Waals surface area contributed by atoms with E-state index in [4.69, 9.17) is 5.73 Å². The number of nitrogens with one attached hydrogen (secondary N) is 1. The smallest absolute Gasteiger partial charge is 0.0501 e. The number of hydrogen-bond acceptors (Lipinski definition) is 2. The standard InChI is InChI=1S/C12H17N3/c1-2-14-6-8-15-7-5-10-3-4-11(13)9-12(10)15/h3-5,7,9,14H,2,6,8,13H2,1H3. The quantitative estimate of drug-likeness (QED) is 0.588. The molecule has 0 amide bonds. The van der Waals surface area contributed by atoms with E-state index in [1.54, 1.807) is 0 Å². The predicted octanol–water partition coefficient (Wildman–Crippen LogP) is 1.83. The second kappa shape index (κ2) is 4.36. The Morgan fingerprint density at radius 2 is 2.20 bits per heavy atom. The third-order valence-corrected chi connectivity index (χ3v) is 2.58. The molecule has 0 atom stereocenters. The fraction of sp³-hybridized carbons (Fsp3) is 0.333. The lowest BCUT2D eigenvalue weighted by molar-refractivity contribution is 0.627. The molecule has 2 aromatic rings. The summed E-state index contributed by atoms with van der Waals surface area (Å²) in [5.74, 6) is 0. The molecule has 0 unspecified atom stereocenters. The van der Waals surface area contributed by atoms with Gasteiger partial charge in [0, 0.05) is 25.0 Å². The molecule has 0 saturated carbocycles. The number of likely N-dealkylation sites (N-methyl/N-ethyl adjacent to an activating group) is 1. The zero-order chi connectivity index (χ0) is 10.7. The molecule has 80 valence electrons. The first-order chi connectivity index (χ1) is 7.31. The van der Waals surface area contributed by atoms with Crippen LogP contribution in [0.2, 0.25) is 0 Å². The maximum atomic E-state index is 5.78. The minimum absolute atomic E-state index is 0.825. The van der Waals surface area contributed by atoms with Gasteiger partial charge in [0.15, 0.2) is 0 Å². The average Bonchev–Trinajstić information content (AvgIpc) is 2.62. The van der Waals surface area contributed by atoms with E-state index in [1.807, 2.05) is 12.1 Å². The van der Waals surface area contributed by atoms with E-state index in [9.17, 15) is 0 Å². The largest absolute Gasteiger partial charge is 0.399 e. The highest BCUT2D eigenvalue weighted by Crippen LogP contribution is 2.18. The van der Waals surface area contributed by atoms with Crippen LogP contribution in [0.25, 0.3) is 10.9 Å². The summed E-state index contributed by atoms with van der Waals surface area (Å²) in [6.07, 6.45) is 2.11. The maximum absolute atomic E-state index is 5.78. The molecule has 0 spiro atoms. The van der Waals surface area contributed by atoms with Gasteiger partial charge in [-0.1, -0.05) is 13.0 Å². The van der Waals surface area contributed by atoms with Gasteiger partial charge >= 0.3 is 0 Å². The summed E-state index contributed by atoms with van der Waals surface area (Å²) in [4.78, 5) is 0. The monoisotopic (exact) mass is 203 g/mol. The van der Waals surface area contributed by atoms with Crippen LogP contribution < -0.4 is 11.1 Å². The number of nitrogen functional groups attached to an aromatic ring is 1. The summed E-state index contributed by atoms with van der Waals surface area (Å²) in [6, 6.07) is 8.16. The van der Waals surface area contributed by atoms with Gasteiger partial charge in [0.25, 0.3) is 0 Å². The topological polar surface area (TPSA) is 43.0 Å². The van der Waals surface area contributed by atoms with Crippen molar-refractivity contribution in [2.45, 2.75) is 13.5 Å². The fourth-order valence-electron chi connectivity index (χ4n) is 1.77. The van der Waals surface area contributed by atoms with Gasteiger partial charge in [0.2, 0.25) is 0 Å². The van der Waals surface area contributed by atoms with Crippen molar-refractivity contribution in [3.63, 3.8) is 0 Å². The van der Waals surface area contributed by atoms with Crippen LogP contribution in [-0.4, -0.2) is 17.7 Å². The zero-order valence-corrected chi connectivity index (χ0v) is 9.03. The first-order valence-electron chi connectivity index (χ1n) is 5.36. The normalized spacial score (nSPS) is 11.0. The molecule has 3 heteroatoms. The Kier molecular flexibility index (Phi) is 2.92. The van der Waals surface area contributed by atoms with Crippen LogP contribution in [0.3, 0.4) is 0 Å². The van der Waals surface area contributed by atoms with Crippen molar-refractivity contribution in [3.05, 3.63) is 30.5 Å². The van der Waals surface area contributed by atoms with Crippen LogP contribution >= 0.6 is 0 Å². The van der Waals surface area contributed by atoms with Crippen molar-refractivity contribution in [1.29, 1.82) is 0 Å². The van der Waals surface area contributed by atoms with Gasteiger partial charge in [-0.25, -0.2) is 0 Å². The van der Waals surface area contributed by atoms with Crippen LogP contribution in [0.5, 0.6) is 0 Å². The number of anilines is 1. The van der Waals surface area contributed by atoms with Crippen molar-refractivity contribution in [2.75, 3.05) is 18.8 Å².